The molecule has 2 aromatic heterocycles. The number of carbonyl (C=O) groups excluding carboxylic acids is 1. The number of hydrogen-bond acceptors (Lipinski definition) is 7. The van der Waals surface area contributed by atoms with Gasteiger partial charge in [0.1, 0.15) is 26.4 Å². The first-order valence-electron chi connectivity index (χ1n) is 13.4. The van der Waals surface area contributed by atoms with Gasteiger partial charge in [-0.15, -0.1) is 0 Å². The van der Waals surface area contributed by atoms with E-state index < -0.39 is 9.84 Å². The van der Waals surface area contributed by atoms with Crippen molar-refractivity contribution in [3.8, 4) is 11.3 Å². The summed E-state index contributed by atoms with van der Waals surface area (Å²) in [5, 5.41) is 11.8. The van der Waals surface area contributed by atoms with E-state index >= 15 is 0 Å². The summed E-state index contributed by atoms with van der Waals surface area (Å²) in [5.74, 6) is 0.304. The highest BCUT2D eigenvalue weighted by atomic mass is 32.2. The summed E-state index contributed by atoms with van der Waals surface area (Å²) >= 11 is 1.35. The maximum absolute atomic E-state index is 14.0. The van der Waals surface area contributed by atoms with Gasteiger partial charge < -0.3 is 10.6 Å². The summed E-state index contributed by atoms with van der Waals surface area (Å²) in [7, 11) is -2.92. The molecule has 40 heavy (non-hydrogen) atoms. The van der Waals surface area contributed by atoms with Crippen molar-refractivity contribution in [2.45, 2.75) is 48.6 Å². The number of anilines is 1. The predicted octanol–water partition coefficient (Wildman–Crippen LogP) is 5.12. The molecule has 0 spiro atoms. The molecule has 2 aromatic carbocycles. The zero-order valence-corrected chi connectivity index (χ0v) is 23.7. The first-order chi connectivity index (χ1) is 19.3. The molecule has 11 heteroatoms. The van der Waals surface area contributed by atoms with Gasteiger partial charge in [-0.05, 0) is 80.5 Å². The normalized spacial score (nSPS) is 17.1. The Labute approximate surface area is 236 Å². The average molecular weight is 580 g/mol. The van der Waals surface area contributed by atoms with Crippen molar-refractivity contribution >= 4 is 38.8 Å². The van der Waals surface area contributed by atoms with Crippen molar-refractivity contribution in [2.75, 3.05) is 23.4 Å². The van der Waals surface area contributed by atoms with Gasteiger partial charge in [0.15, 0.2) is 5.65 Å². The molecule has 208 valence electrons. The van der Waals surface area contributed by atoms with E-state index in [9.17, 15) is 17.6 Å². The molecule has 1 amide bonds. The highest BCUT2D eigenvalue weighted by molar-refractivity contribution is 7.99. The number of nitrogens with one attached hydrogen (secondary N) is 2. The minimum Gasteiger partial charge on any atom is -0.382 e. The van der Waals surface area contributed by atoms with Crippen LogP contribution in [0.3, 0.4) is 0 Å². The summed E-state index contributed by atoms with van der Waals surface area (Å²) in [5.41, 5.74) is 4.46. The molecule has 1 saturated heterocycles. The van der Waals surface area contributed by atoms with Crippen LogP contribution in [0.1, 0.15) is 41.6 Å². The lowest BCUT2D eigenvalue weighted by Crippen LogP contribution is -2.27. The summed E-state index contributed by atoms with van der Waals surface area (Å²) in [6.07, 6.45) is 5.02. The largest absolute Gasteiger partial charge is 0.382 e. The number of imidazole rings is 1. The number of aryl methyl sites for hydroxylation is 1. The number of aromatic nitrogens is 3. The van der Waals surface area contributed by atoms with Gasteiger partial charge in [0, 0.05) is 28.6 Å². The SMILES string of the molecule is Cc1cc(-c2c(Sc3cccc(F)c3)nc3c(NCC4CCS(=O)(=O)CC4)ccnn23)ccc1C(=O)NC1CC1. The maximum Gasteiger partial charge on any atom is 0.251 e. The van der Waals surface area contributed by atoms with Gasteiger partial charge in [-0.1, -0.05) is 23.9 Å². The third-order valence-corrected chi connectivity index (χ3v) is 10.1. The van der Waals surface area contributed by atoms with Crippen LogP contribution in [0.15, 0.2) is 64.6 Å². The number of benzene rings is 2. The first-order valence-corrected chi connectivity index (χ1v) is 16.1. The van der Waals surface area contributed by atoms with Crippen molar-refractivity contribution in [1.82, 2.24) is 19.9 Å². The second-order valence-corrected chi connectivity index (χ2v) is 13.9. The van der Waals surface area contributed by atoms with Crippen molar-refractivity contribution in [2.24, 2.45) is 5.92 Å². The maximum atomic E-state index is 14.0. The quantitative estimate of drug-likeness (QED) is 0.298. The topological polar surface area (TPSA) is 105 Å². The third kappa shape index (κ3) is 5.85. The highest BCUT2D eigenvalue weighted by Crippen LogP contribution is 2.38. The second kappa shape index (κ2) is 10.9. The number of fused-ring (bicyclic) bond motifs is 1. The van der Waals surface area contributed by atoms with E-state index in [0.29, 0.717) is 40.5 Å². The Morgan fingerprint density at radius 3 is 2.62 bits per heavy atom. The minimum atomic E-state index is -2.92. The van der Waals surface area contributed by atoms with Gasteiger partial charge in [-0.25, -0.2) is 22.3 Å². The lowest BCUT2D eigenvalue weighted by Gasteiger charge is -2.22. The Kier molecular flexibility index (Phi) is 7.26. The summed E-state index contributed by atoms with van der Waals surface area (Å²) in [6.45, 7) is 2.55. The van der Waals surface area contributed by atoms with Gasteiger partial charge in [-0.3, -0.25) is 4.79 Å². The van der Waals surface area contributed by atoms with Crippen molar-refractivity contribution < 1.29 is 17.6 Å². The van der Waals surface area contributed by atoms with Gasteiger partial charge in [0.05, 0.1) is 23.4 Å². The Bertz CT molecular complexity index is 1690. The van der Waals surface area contributed by atoms with E-state index in [4.69, 9.17) is 4.98 Å². The Hall–Kier alpha value is -3.44. The van der Waals surface area contributed by atoms with E-state index in [1.807, 2.05) is 37.3 Å². The molecule has 0 radical (unpaired) electrons. The van der Waals surface area contributed by atoms with E-state index in [1.165, 1.54) is 23.9 Å². The fourth-order valence-corrected chi connectivity index (χ4v) is 7.54. The van der Waals surface area contributed by atoms with Crippen LogP contribution >= 0.6 is 11.8 Å². The molecule has 4 aromatic rings. The number of rotatable bonds is 8. The number of nitrogens with zero attached hydrogens (tertiary/aromatic N) is 3. The van der Waals surface area contributed by atoms with Crippen LogP contribution in [0, 0.1) is 18.7 Å². The van der Waals surface area contributed by atoms with Crippen molar-refractivity contribution in [3.05, 3.63) is 71.7 Å². The molecule has 1 aliphatic heterocycles. The van der Waals surface area contributed by atoms with Crippen LogP contribution in [0.25, 0.3) is 16.9 Å². The average Bonchev–Trinajstić information content (AvgIpc) is 3.65. The molecular formula is C29H30FN5O3S2. The van der Waals surface area contributed by atoms with E-state index in [2.05, 4.69) is 15.7 Å². The fraction of sp³-hybridized carbons (Fsp3) is 0.345. The van der Waals surface area contributed by atoms with E-state index in [-0.39, 0.29) is 35.2 Å². The fourth-order valence-electron chi connectivity index (χ4n) is 4.98. The third-order valence-electron chi connectivity index (χ3n) is 7.41. The zero-order chi connectivity index (χ0) is 27.9. The van der Waals surface area contributed by atoms with E-state index in [0.717, 1.165) is 35.3 Å². The molecule has 1 aliphatic carbocycles. The minimum absolute atomic E-state index is 0.0702. The van der Waals surface area contributed by atoms with Crippen molar-refractivity contribution in [1.29, 1.82) is 0 Å². The first kappa shape index (κ1) is 26.8. The smallest absolute Gasteiger partial charge is 0.251 e. The van der Waals surface area contributed by atoms with Crippen molar-refractivity contribution in [3.63, 3.8) is 0 Å². The second-order valence-electron chi connectivity index (χ2n) is 10.6. The molecular weight excluding hydrogens is 549 g/mol. The molecule has 0 unspecified atom stereocenters. The van der Waals surface area contributed by atoms with Crippen LogP contribution in [-0.4, -0.2) is 53.0 Å². The van der Waals surface area contributed by atoms with Crippen LogP contribution in [-0.2, 0) is 9.84 Å². The Morgan fingerprint density at radius 2 is 1.90 bits per heavy atom. The molecule has 0 atom stereocenters. The summed E-state index contributed by atoms with van der Waals surface area (Å²) in [6, 6.07) is 14.2. The number of halogens is 1. The Balaban J connectivity index is 1.36. The molecule has 3 heterocycles. The molecule has 2 fully saturated rings. The van der Waals surface area contributed by atoms with Crippen LogP contribution < -0.4 is 10.6 Å². The standard InChI is InChI=1S/C29H30FN5O3S2/c1-18-15-20(5-8-24(18)28(36)33-22-6-7-22)26-29(39-23-4-2-3-21(30)16-23)34-27-25(9-12-32-35(26)27)31-17-19-10-13-40(37,38)14-11-19/h2-5,8-9,12,15-16,19,22,31H,6-7,10-11,13-14,17H2,1H3,(H,33,36). The predicted molar refractivity (Wildman–Crippen MR) is 154 cm³/mol. The summed E-state index contributed by atoms with van der Waals surface area (Å²) in [4.78, 5) is 18.4. The van der Waals surface area contributed by atoms with Gasteiger partial charge >= 0.3 is 0 Å². The lowest BCUT2D eigenvalue weighted by molar-refractivity contribution is 0.0950. The number of amides is 1. The number of hydrogen-bond donors (Lipinski definition) is 2. The molecule has 2 aliphatic rings. The molecule has 6 rings (SSSR count). The lowest BCUT2D eigenvalue weighted by atomic mass is 10.0. The van der Waals surface area contributed by atoms with E-state index in [1.54, 1.807) is 16.8 Å². The highest BCUT2D eigenvalue weighted by Gasteiger charge is 2.26. The monoisotopic (exact) mass is 579 g/mol. The summed E-state index contributed by atoms with van der Waals surface area (Å²) < 4.78 is 39.5. The van der Waals surface area contributed by atoms with Crippen LogP contribution in [0.5, 0.6) is 0 Å². The van der Waals surface area contributed by atoms with Crippen LogP contribution in [0.4, 0.5) is 10.1 Å². The molecule has 0 bridgehead atoms. The Morgan fingerprint density at radius 1 is 1.10 bits per heavy atom. The van der Waals surface area contributed by atoms with Crippen LogP contribution in [0.2, 0.25) is 0 Å². The molecule has 1 saturated carbocycles. The molecule has 2 N–H and O–H groups in total. The number of carbonyl (C=O) groups is 1. The van der Waals surface area contributed by atoms with Gasteiger partial charge in [0.25, 0.3) is 5.91 Å². The number of sulfone groups is 1. The zero-order valence-electron chi connectivity index (χ0n) is 22.1. The molecule has 8 nitrogen and oxygen atoms in total. The van der Waals surface area contributed by atoms with Gasteiger partial charge in [0.2, 0.25) is 0 Å². The van der Waals surface area contributed by atoms with Gasteiger partial charge in [-0.2, -0.15) is 5.10 Å².